The lowest BCUT2D eigenvalue weighted by Crippen LogP contribution is -2.11. The highest BCUT2D eigenvalue weighted by atomic mass is 16.1. The normalized spacial score (nSPS) is 14.6. The first-order valence-corrected chi connectivity index (χ1v) is 43.2. The maximum Gasteiger partial charge on any atom is 0.224 e. The van der Waals surface area contributed by atoms with Crippen molar-refractivity contribution in [3.05, 3.63) is 101 Å². The van der Waals surface area contributed by atoms with Crippen LogP contribution in [0.3, 0.4) is 0 Å². The van der Waals surface area contributed by atoms with Gasteiger partial charge in [0.15, 0.2) is 0 Å². The minimum Gasteiger partial charge on any atom is -0.326 e. The number of nitrogens with one attached hydrogen (secondary N) is 1. The fourth-order valence-electron chi connectivity index (χ4n) is 19.8. The molecule has 13 aromatic rings. The predicted octanol–water partition coefficient (Wildman–Crippen LogP) is 31.8. The molecular formula is C101H135NO. The molecule has 0 aliphatic heterocycles. The van der Waals surface area contributed by atoms with E-state index >= 15 is 0 Å². The monoisotopic (exact) mass is 1380 g/mol. The van der Waals surface area contributed by atoms with Crippen LogP contribution in [0, 0.1) is 59.2 Å². The first kappa shape index (κ1) is 75.3. The number of hydrogen-bond acceptors (Lipinski definition) is 1. The van der Waals surface area contributed by atoms with Crippen molar-refractivity contribution in [3.63, 3.8) is 0 Å². The van der Waals surface area contributed by atoms with E-state index in [1.165, 1.54) is 311 Å². The maximum atomic E-state index is 14.7. The van der Waals surface area contributed by atoms with Crippen LogP contribution in [0.2, 0.25) is 0 Å². The summed E-state index contributed by atoms with van der Waals surface area (Å²) in [4.78, 5) is 14.7. The number of carbonyl (C=O) groups excluding carboxylic acids is 1. The molecule has 0 saturated heterocycles. The van der Waals surface area contributed by atoms with Crippen molar-refractivity contribution in [2.24, 2.45) is 59.2 Å². The van der Waals surface area contributed by atoms with Gasteiger partial charge in [0.25, 0.3) is 0 Å². The van der Waals surface area contributed by atoms with Gasteiger partial charge in [-0.2, -0.15) is 0 Å². The van der Waals surface area contributed by atoms with Crippen molar-refractivity contribution in [3.8, 4) is 0 Å². The number of unbranched alkanes of at least 4 members (excludes halogenated alkanes) is 5. The van der Waals surface area contributed by atoms with E-state index in [0.29, 0.717) is 36.0 Å². The van der Waals surface area contributed by atoms with Crippen molar-refractivity contribution < 1.29 is 4.79 Å². The quantitative estimate of drug-likeness (QED) is 0.0230. The summed E-state index contributed by atoms with van der Waals surface area (Å²) in [7, 11) is 0. The van der Waals surface area contributed by atoms with E-state index < -0.39 is 0 Å². The van der Waals surface area contributed by atoms with Crippen LogP contribution in [-0.2, 0) is 36.9 Å². The van der Waals surface area contributed by atoms with E-state index in [1.54, 1.807) is 0 Å². The summed E-state index contributed by atoms with van der Waals surface area (Å²) in [5.74, 6) is 7.15. The van der Waals surface area contributed by atoms with Crippen LogP contribution in [0.25, 0.3) is 129 Å². The molecule has 1 amide bonds. The summed E-state index contributed by atoms with van der Waals surface area (Å²) in [6.45, 7) is 38.9. The summed E-state index contributed by atoms with van der Waals surface area (Å²) in [5, 5.41) is 38.6. The zero-order valence-corrected chi connectivity index (χ0v) is 67.7. The molecule has 0 saturated carbocycles. The third kappa shape index (κ3) is 16.2. The van der Waals surface area contributed by atoms with Gasteiger partial charge in [-0.3, -0.25) is 4.79 Å². The van der Waals surface area contributed by atoms with Gasteiger partial charge >= 0.3 is 0 Å². The highest BCUT2D eigenvalue weighted by molar-refractivity contribution is 6.61. The fourth-order valence-corrected chi connectivity index (χ4v) is 19.8. The number of benzene rings is 13. The van der Waals surface area contributed by atoms with E-state index in [-0.39, 0.29) is 5.91 Å². The van der Waals surface area contributed by atoms with Gasteiger partial charge in [0.2, 0.25) is 5.91 Å². The Labute approximate surface area is 623 Å². The molecule has 0 fully saturated rings. The summed E-state index contributed by atoms with van der Waals surface area (Å²) in [6, 6.07) is 32.3. The third-order valence-electron chi connectivity index (χ3n) is 25.9. The number of rotatable bonds is 43. The molecule has 103 heavy (non-hydrogen) atoms. The van der Waals surface area contributed by atoms with Gasteiger partial charge in [-0.15, -0.1) is 0 Å². The molecule has 0 radical (unpaired) electrons. The lowest BCUT2D eigenvalue weighted by molar-refractivity contribution is -0.116. The largest absolute Gasteiger partial charge is 0.326 e. The van der Waals surface area contributed by atoms with Gasteiger partial charge in [-0.25, -0.2) is 0 Å². The zero-order valence-electron chi connectivity index (χ0n) is 67.7. The standard InChI is InChI=1S/C101H135NO/c1-17-18-19-20-21-22-38-89(103)102-76-59-87-85-57-74(47-42-69(15)36-26-31-64(8)9)55-83-81-53-72(45-40-67(13)34-24-29-62(4)5)51-79-77-49-71(44-39-66(12)33-23-28-61(2)3)50-78-80-52-73(46-41-68(14)35-25-30-63(6)7)54-82-84-56-75(48-43-70(16)37-27-32-65(10)11)58-86-88(60-76)95(87)101-99(93(83)85)97(91(79)81)96(90(77)78)98(92(80)82)100(101)94(84)86/h49-70H,17-48H2,1-16H3,(H,102,103). The summed E-state index contributed by atoms with van der Waals surface area (Å²) in [5.41, 5.74) is 8.41. The van der Waals surface area contributed by atoms with Gasteiger partial charge in [-0.1, -0.05) is 300 Å². The van der Waals surface area contributed by atoms with E-state index in [1.807, 2.05) is 0 Å². The smallest absolute Gasteiger partial charge is 0.224 e. The van der Waals surface area contributed by atoms with Crippen molar-refractivity contribution in [2.45, 2.75) is 316 Å². The molecule has 13 aromatic carbocycles. The molecule has 2 heteroatoms. The molecule has 0 aliphatic rings. The lowest BCUT2D eigenvalue weighted by Gasteiger charge is -2.30. The van der Waals surface area contributed by atoms with E-state index in [0.717, 1.165) is 80.2 Å². The number of fused-ring (bicyclic) bond motifs is 6. The third-order valence-corrected chi connectivity index (χ3v) is 25.9. The molecule has 0 spiro atoms. The molecular weight excluding hydrogens is 1240 g/mol. The second-order valence-electron chi connectivity index (χ2n) is 37.4. The summed E-state index contributed by atoms with van der Waals surface area (Å²) >= 11 is 0. The molecule has 1 N–H and O–H groups in total. The highest BCUT2D eigenvalue weighted by Crippen LogP contribution is 2.61. The average molecular weight is 1380 g/mol. The molecule has 0 aliphatic carbocycles. The molecule has 550 valence electrons. The minimum absolute atomic E-state index is 0.151. The van der Waals surface area contributed by atoms with Crippen LogP contribution >= 0.6 is 0 Å². The number of anilines is 1. The fraction of sp³-hybridized carbons (Fsp3) is 0.574. The van der Waals surface area contributed by atoms with Crippen LogP contribution in [0.15, 0.2) is 72.8 Å². The van der Waals surface area contributed by atoms with Gasteiger partial charge < -0.3 is 5.32 Å². The molecule has 5 atom stereocenters. The van der Waals surface area contributed by atoms with Crippen LogP contribution in [-0.4, -0.2) is 5.91 Å². The van der Waals surface area contributed by atoms with Gasteiger partial charge in [0, 0.05) is 12.1 Å². The number of hydrogen-bond donors (Lipinski definition) is 1. The highest BCUT2D eigenvalue weighted by Gasteiger charge is 2.34. The Morgan fingerprint density at radius 1 is 0.243 bits per heavy atom. The Kier molecular flexibility index (Phi) is 24.1. The summed E-state index contributed by atoms with van der Waals surface area (Å²) in [6.07, 6.45) is 38.5. The van der Waals surface area contributed by atoms with Crippen molar-refractivity contribution in [2.75, 3.05) is 5.32 Å². The Morgan fingerprint density at radius 3 is 0.660 bits per heavy atom. The average Bonchev–Trinajstić information content (AvgIpc) is 0.643. The first-order chi connectivity index (χ1) is 49.6. The summed E-state index contributed by atoms with van der Waals surface area (Å²) < 4.78 is 0. The van der Waals surface area contributed by atoms with E-state index in [4.69, 9.17) is 0 Å². The van der Waals surface area contributed by atoms with E-state index in [2.05, 4.69) is 189 Å². The molecule has 13 rings (SSSR count). The minimum atomic E-state index is 0.151. The number of amides is 1. The second kappa shape index (κ2) is 33.0. The molecule has 0 bridgehead atoms. The topological polar surface area (TPSA) is 29.1 Å². The molecule has 2 nitrogen and oxygen atoms in total. The van der Waals surface area contributed by atoms with E-state index in [9.17, 15) is 4.79 Å². The predicted molar refractivity (Wildman–Crippen MR) is 461 cm³/mol. The van der Waals surface area contributed by atoms with Crippen LogP contribution in [0.1, 0.15) is 312 Å². The van der Waals surface area contributed by atoms with Crippen LogP contribution < -0.4 is 5.32 Å². The second-order valence-corrected chi connectivity index (χ2v) is 37.4. The van der Waals surface area contributed by atoms with Gasteiger partial charge in [-0.05, 0) is 299 Å². The molecule has 0 aromatic heterocycles. The SMILES string of the molecule is CCCCCCCCC(=O)Nc1cc2c3cc(CCC(C)CCCC(C)C)cc4c5cc(CCC(C)CCCC(C)C)cc6c7cc(CCC(C)CCCC(C)C)cc8c9cc(CCC(C)CCCC(C)C)cc%10c%11cc(CCC(C)CCCC(C)C)cc%12c(c1)c2c1c(c43)c(c65)c(c78)c(c9%10)c1c%11%12. The Morgan fingerprint density at radius 2 is 0.447 bits per heavy atom. The molecule has 5 unspecified atom stereocenters. The van der Waals surface area contributed by atoms with Crippen LogP contribution in [0.5, 0.6) is 0 Å². The Balaban J connectivity index is 1.15. The lowest BCUT2D eigenvalue weighted by atomic mass is 9.72. The molecule has 0 heterocycles. The number of aryl methyl sites for hydroxylation is 5. The van der Waals surface area contributed by atoms with Crippen molar-refractivity contribution in [1.82, 2.24) is 0 Å². The van der Waals surface area contributed by atoms with Gasteiger partial charge in [0.1, 0.15) is 0 Å². The van der Waals surface area contributed by atoms with Crippen molar-refractivity contribution >= 4 is 141 Å². The van der Waals surface area contributed by atoms with Gasteiger partial charge in [0.05, 0.1) is 0 Å². The Bertz CT molecular complexity index is 4640. The maximum absolute atomic E-state index is 14.7. The number of carbonyl (C=O) groups is 1. The Hall–Kier alpha value is -5.99. The van der Waals surface area contributed by atoms with Crippen LogP contribution in [0.4, 0.5) is 5.69 Å². The van der Waals surface area contributed by atoms with Crippen molar-refractivity contribution in [1.29, 1.82) is 0 Å². The zero-order chi connectivity index (χ0) is 72.5. The first-order valence-electron chi connectivity index (χ1n) is 43.2.